The van der Waals surface area contributed by atoms with Crippen molar-refractivity contribution in [3.8, 4) is 0 Å². The molecule has 0 fully saturated rings. The van der Waals surface area contributed by atoms with Crippen LogP contribution in [0.3, 0.4) is 0 Å². The summed E-state index contributed by atoms with van der Waals surface area (Å²) in [6, 6.07) is 7.14. The van der Waals surface area contributed by atoms with Gasteiger partial charge in [-0.25, -0.2) is 9.37 Å². The van der Waals surface area contributed by atoms with Crippen molar-refractivity contribution in [1.82, 2.24) is 10.3 Å². The molecular weight excluding hydrogens is 273 g/mol. The van der Waals surface area contributed by atoms with E-state index in [2.05, 4.69) is 17.2 Å². The van der Waals surface area contributed by atoms with E-state index in [0.29, 0.717) is 12.1 Å². The summed E-state index contributed by atoms with van der Waals surface area (Å²) >= 11 is 1.66. The normalized spacial score (nSPS) is 12.4. The molecule has 108 valence electrons. The Hall–Kier alpha value is -1.46. The maximum Gasteiger partial charge on any atom is 0.185 e. The molecule has 1 aromatic carbocycles. The molecule has 1 atom stereocenters. The quantitative estimate of drug-likeness (QED) is 0.914. The molecule has 0 aliphatic rings. The molecule has 2 aromatic rings. The average molecular weight is 293 g/mol. The molecule has 5 heteroatoms. The van der Waals surface area contributed by atoms with Crippen LogP contribution in [0.5, 0.6) is 0 Å². The molecule has 0 aliphatic carbocycles. The topological polar surface area (TPSA) is 28.2 Å². The molecule has 1 heterocycles. The van der Waals surface area contributed by atoms with Gasteiger partial charge in [-0.15, -0.1) is 11.3 Å². The molecule has 3 nitrogen and oxygen atoms in total. The fraction of sp³-hybridized carbons (Fsp3) is 0.400. The molecule has 0 spiro atoms. The second-order valence-corrected chi connectivity index (χ2v) is 5.91. The first-order valence-corrected chi connectivity index (χ1v) is 7.43. The summed E-state index contributed by atoms with van der Waals surface area (Å²) in [6.45, 7) is 4.65. The van der Waals surface area contributed by atoms with Gasteiger partial charge in [-0.2, -0.15) is 0 Å². The van der Waals surface area contributed by atoms with Crippen LogP contribution in [0.25, 0.3) is 0 Å². The van der Waals surface area contributed by atoms with Gasteiger partial charge in [0.15, 0.2) is 5.13 Å². The zero-order valence-corrected chi connectivity index (χ0v) is 13.1. The van der Waals surface area contributed by atoms with Crippen molar-refractivity contribution in [2.75, 3.05) is 19.0 Å². The average Bonchev–Trinajstić information content (AvgIpc) is 2.82. The van der Waals surface area contributed by atoms with Gasteiger partial charge in [-0.1, -0.05) is 18.2 Å². The summed E-state index contributed by atoms with van der Waals surface area (Å²) in [6.07, 6.45) is 0. The highest BCUT2D eigenvalue weighted by atomic mass is 32.1. The summed E-state index contributed by atoms with van der Waals surface area (Å²) in [5.41, 5.74) is 1.72. The maximum absolute atomic E-state index is 13.7. The van der Waals surface area contributed by atoms with E-state index in [1.54, 1.807) is 17.4 Å². The Bertz CT molecular complexity index is 582. The summed E-state index contributed by atoms with van der Waals surface area (Å²) < 4.78 is 13.7. The van der Waals surface area contributed by atoms with Gasteiger partial charge >= 0.3 is 0 Å². The van der Waals surface area contributed by atoms with E-state index in [-0.39, 0.29) is 11.9 Å². The first-order chi connectivity index (χ1) is 9.52. The van der Waals surface area contributed by atoms with Gasteiger partial charge in [-0.05, 0) is 27.0 Å². The fourth-order valence-corrected chi connectivity index (χ4v) is 3.13. The third kappa shape index (κ3) is 3.16. The summed E-state index contributed by atoms with van der Waals surface area (Å²) in [4.78, 5) is 7.80. The van der Waals surface area contributed by atoms with Crippen LogP contribution in [0.4, 0.5) is 9.52 Å². The second-order valence-electron chi connectivity index (χ2n) is 4.90. The number of anilines is 1. The lowest BCUT2D eigenvalue weighted by Crippen LogP contribution is -2.17. The van der Waals surface area contributed by atoms with Crippen molar-refractivity contribution in [1.29, 1.82) is 0 Å². The lowest BCUT2D eigenvalue weighted by Gasteiger charge is -2.16. The van der Waals surface area contributed by atoms with Gasteiger partial charge in [0.2, 0.25) is 0 Å². The van der Waals surface area contributed by atoms with Gasteiger partial charge in [0.25, 0.3) is 0 Å². The van der Waals surface area contributed by atoms with E-state index in [0.717, 1.165) is 10.8 Å². The second kappa shape index (κ2) is 6.33. The highest BCUT2D eigenvalue weighted by Crippen LogP contribution is 2.30. The molecule has 0 saturated carbocycles. The lowest BCUT2D eigenvalue weighted by molar-refractivity contribution is 0.608. The van der Waals surface area contributed by atoms with Crippen LogP contribution in [-0.4, -0.2) is 19.1 Å². The predicted octanol–water partition coefficient (Wildman–Crippen LogP) is 3.51. The first-order valence-electron chi connectivity index (χ1n) is 6.62. The SMILES string of the molecule is CNC(C)c1sc(N(C)Cc2ccccc2F)nc1C. The van der Waals surface area contributed by atoms with Gasteiger partial charge in [-0.3, -0.25) is 0 Å². The van der Waals surface area contributed by atoms with E-state index >= 15 is 0 Å². The number of nitrogens with zero attached hydrogens (tertiary/aromatic N) is 2. The number of aryl methyl sites for hydroxylation is 1. The molecule has 0 bridgehead atoms. The molecule has 0 radical (unpaired) electrons. The summed E-state index contributed by atoms with van der Waals surface area (Å²) in [5, 5.41) is 4.14. The van der Waals surface area contributed by atoms with E-state index in [1.165, 1.54) is 10.9 Å². The van der Waals surface area contributed by atoms with E-state index in [4.69, 9.17) is 0 Å². The molecule has 1 N–H and O–H groups in total. The van der Waals surface area contributed by atoms with Gasteiger partial charge < -0.3 is 10.2 Å². The molecule has 0 saturated heterocycles. The first kappa shape index (κ1) is 14.9. The van der Waals surface area contributed by atoms with Crippen LogP contribution < -0.4 is 10.2 Å². The van der Waals surface area contributed by atoms with Crippen molar-refractivity contribution in [2.24, 2.45) is 0 Å². The highest BCUT2D eigenvalue weighted by molar-refractivity contribution is 7.15. The standard InChI is InChI=1S/C15H20FN3S/c1-10(17-3)14-11(2)18-15(20-14)19(4)9-12-7-5-6-8-13(12)16/h5-8,10,17H,9H2,1-4H3. The largest absolute Gasteiger partial charge is 0.347 e. The Balaban J connectivity index is 2.18. The molecule has 1 unspecified atom stereocenters. The van der Waals surface area contributed by atoms with Gasteiger partial charge in [0.05, 0.1) is 5.69 Å². The minimum Gasteiger partial charge on any atom is -0.347 e. The van der Waals surface area contributed by atoms with Crippen molar-refractivity contribution < 1.29 is 4.39 Å². The number of hydrogen-bond acceptors (Lipinski definition) is 4. The van der Waals surface area contributed by atoms with Crippen LogP contribution >= 0.6 is 11.3 Å². The zero-order valence-electron chi connectivity index (χ0n) is 12.3. The Labute approximate surface area is 123 Å². The molecule has 1 aromatic heterocycles. The highest BCUT2D eigenvalue weighted by Gasteiger charge is 2.16. The smallest absolute Gasteiger partial charge is 0.185 e. The van der Waals surface area contributed by atoms with Crippen molar-refractivity contribution in [3.05, 3.63) is 46.2 Å². The molecular formula is C15H20FN3S. The van der Waals surface area contributed by atoms with E-state index in [9.17, 15) is 4.39 Å². The van der Waals surface area contributed by atoms with Crippen LogP contribution in [0.15, 0.2) is 24.3 Å². The van der Waals surface area contributed by atoms with Crippen molar-refractivity contribution in [2.45, 2.75) is 26.4 Å². The van der Waals surface area contributed by atoms with Crippen LogP contribution in [0.2, 0.25) is 0 Å². The van der Waals surface area contributed by atoms with E-state index < -0.39 is 0 Å². The minimum absolute atomic E-state index is 0.170. The number of rotatable bonds is 5. The number of nitrogens with one attached hydrogen (secondary N) is 1. The van der Waals surface area contributed by atoms with Gasteiger partial charge in [0, 0.05) is 30.1 Å². The van der Waals surface area contributed by atoms with Crippen LogP contribution in [-0.2, 0) is 6.54 Å². The Kier molecular flexibility index (Phi) is 4.73. The third-order valence-electron chi connectivity index (χ3n) is 3.34. The fourth-order valence-electron chi connectivity index (χ4n) is 2.04. The van der Waals surface area contributed by atoms with E-state index in [1.807, 2.05) is 38.1 Å². The Morgan fingerprint density at radius 2 is 2.10 bits per heavy atom. The third-order valence-corrected chi connectivity index (χ3v) is 4.79. The monoisotopic (exact) mass is 293 g/mol. The molecule has 0 aliphatic heterocycles. The van der Waals surface area contributed by atoms with Gasteiger partial charge in [0.1, 0.15) is 5.82 Å². The maximum atomic E-state index is 13.7. The number of thiazole rings is 1. The van der Waals surface area contributed by atoms with Crippen molar-refractivity contribution in [3.63, 3.8) is 0 Å². The summed E-state index contributed by atoms with van der Waals surface area (Å²) in [7, 11) is 3.88. The molecule has 20 heavy (non-hydrogen) atoms. The lowest BCUT2D eigenvalue weighted by atomic mass is 10.2. The number of aromatic nitrogens is 1. The zero-order chi connectivity index (χ0) is 14.7. The number of hydrogen-bond donors (Lipinski definition) is 1. The molecule has 2 rings (SSSR count). The predicted molar refractivity (Wildman–Crippen MR) is 82.8 cm³/mol. The van der Waals surface area contributed by atoms with Crippen LogP contribution in [0, 0.1) is 12.7 Å². The Morgan fingerprint density at radius 3 is 2.75 bits per heavy atom. The Morgan fingerprint density at radius 1 is 1.40 bits per heavy atom. The van der Waals surface area contributed by atoms with Crippen LogP contribution in [0.1, 0.15) is 29.1 Å². The molecule has 0 amide bonds. The minimum atomic E-state index is -0.170. The number of halogens is 1. The summed E-state index contributed by atoms with van der Waals surface area (Å²) in [5.74, 6) is -0.170. The number of benzene rings is 1. The van der Waals surface area contributed by atoms with Crippen molar-refractivity contribution >= 4 is 16.5 Å².